The van der Waals surface area contributed by atoms with Gasteiger partial charge in [0.2, 0.25) is 0 Å². The molecule has 6 nitrogen and oxygen atoms in total. The van der Waals surface area contributed by atoms with Crippen molar-refractivity contribution >= 4 is 5.96 Å². The second kappa shape index (κ2) is 8.82. The van der Waals surface area contributed by atoms with Gasteiger partial charge in [-0.15, -0.1) is 0 Å². The number of nitrogens with two attached hydrogens (primary N) is 1. The van der Waals surface area contributed by atoms with Crippen LogP contribution in [0.15, 0.2) is 41.4 Å². The van der Waals surface area contributed by atoms with E-state index in [2.05, 4.69) is 10.3 Å². The largest absolute Gasteiger partial charge is 0.496 e. The molecule has 0 aliphatic carbocycles. The van der Waals surface area contributed by atoms with Crippen LogP contribution in [0.3, 0.4) is 0 Å². The molecule has 2 aromatic rings. The van der Waals surface area contributed by atoms with E-state index >= 15 is 0 Å². The van der Waals surface area contributed by atoms with Gasteiger partial charge in [-0.25, -0.2) is 4.99 Å². The molecule has 0 saturated carbocycles. The minimum Gasteiger partial charge on any atom is -0.496 e. The van der Waals surface area contributed by atoms with Gasteiger partial charge >= 0.3 is 0 Å². The summed E-state index contributed by atoms with van der Waals surface area (Å²) < 4.78 is 15.8. The highest BCUT2D eigenvalue weighted by Crippen LogP contribution is 2.27. The number of ether oxygens (including phenoxy) is 3. The Bertz CT molecular complexity index is 745. The molecule has 0 saturated heterocycles. The number of nitrogens with zero attached hydrogens (tertiary/aromatic N) is 1. The van der Waals surface area contributed by atoms with Crippen LogP contribution >= 0.6 is 0 Å². The van der Waals surface area contributed by atoms with E-state index in [4.69, 9.17) is 19.9 Å². The van der Waals surface area contributed by atoms with Crippen molar-refractivity contribution in [3.63, 3.8) is 0 Å². The van der Waals surface area contributed by atoms with Gasteiger partial charge in [0.1, 0.15) is 5.75 Å². The molecule has 0 aliphatic rings. The summed E-state index contributed by atoms with van der Waals surface area (Å²) in [5.41, 5.74) is 9.13. The van der Waals surface area contributed by atoms with Crippen molar-refractivity contribution in [3.8, 4) is 17.2 Å². The molecule has 0 aliphatic heterocycles. The Morgan fingerprint density at radius 3 is 2.20 bits per heavy atom. The van der Waals surface area contributed by atoms with Crippen molar-refractivity contribution in [2.24, 2.45) is 10.7 Å². The van der Waals surface area contributed by atoms with Gasteiger partial charge in [-0.2, -0.15) is 0 Å². The van der Waals surface area contributed by atoms with Crippen LogP contribution in [0.2, 0.25) is 0 Å². The maximum absolute atomic E-state index is 5.95. The molecule has 0 aromatic heterocycles. The molecule has 0 amide bonds. The lowest BCUT2D eigenvalue weighted by molar-refractivity contribution is 0.354. The van der Waals surface area contributed by atoms with E-state index in [-0.39, 0.29) is 0 Å². The molecule has 3 N–H and O–H groups in total. The number of rotatable bonds is 7. The fourth-order valence-corrected chi connectivity index (χ4v) is 2.45. The Morgan fingerprint density at radius 1 is 0.920 bits per heavy atom. The number of hydrogen-bond acceptors (Lipinski definition) is 4. The van der Waals surface area contributed by atoms with E-state index in [9.17, 15) is 0 Å². The number of benzene rings is 2. The standard InChI is InChI=1S/C19H25N3O3/c1-13-9-14(5-7-16(13)23-2)11-21-19(20)22-12-15-6-8-17(24-3)18(10-15)25-4/h5-10H,11-12H2,1-4H3,(H3,20,21,22). The molecule has 25 heavy (non-hydrogen) atoms. The average molecular weight is 343 g/mol. The van der Waals surface area contributed by atoms with Crippen LogP contribution in [0.4, 0.5) is 0 Å². The highest BCUT2D eigenvalue weighted by atomic mass is 16.5. The number of guanidine groups is 1. The SMILES string of the molecule is COc1ccc(CN=C(N)NCc2ccc(OC)c(OC)c2)cc1C. The van der Waals surface area contributed by atoms with Crippen LogP contribution in [-0.2, 0) is 13.1 Å². The zero-order valence-electron chi connectivity index (χ0n) is 15.1. The van der Waals surface area contributed by atoms with Crippen LogP contribution in [0, 0.1) is 6.92 Å². The molecule has 2 rings (SSSR count). The highest BCUT2D eigenvalue weighted by Gasteiger charge is 2.05. The van der Waals surface area contributed by atoms with Gasteiger partial charge in [-0.05, 0) is 41.8 Å². The Hall–Kier alpha value is -2.89. The molecular formula is C19H25N3O3. The highest BCUT2D eigenvalue weighted by molar-refractivity contribution is 5.77. The van der Waals surface area contributed by atoms with E-state index in [1.807, 2.05) is 43.3 Å². The molecule has 0 radical (unpaired) electrons. The average Bonchev–Trinajstić information content (AvgIpc) is 2.64. The number of hydrogen-bond donors (Lipinski definition) is 2. The van der Waals surface area contributed by atoms with Gasteiger partial charge in [0.25, 0.3) is 0 Å². The van der Waals surface area contributed by atoms with Crippen molar-refractivity contribution in [2.45, 2.75) is 20.0 Å². The summed E-state index contributed by atoms with van der Waals surface area (Å²) in [6.45, 7) is 3.07. The van der Waals surface area contributed by atoms with Gasteiger partial charge in [-0.1, -0.05) is 18.2 Å². The second-order valence-electron chi connectivity index (χ2n) is 5.55. The second-order valence-corrected chi connectivity index (χ2v) is 5.55. The monoisotopic (exact) mass is 343 g/mol. The first-order chi connectivity index (χ1) is 12.1. The molecular weight excluding hydrogens is 318 g/mol. The van der Waals surface area contributed by atoms with Crippen molar-refractivity contribution in [1.82, 2.24) is 5.32 Å². The molecule has 0 spiro atoms. The topological polar surface area (TPSA) is 78.1 Å². The Labute approximate surface area is 148 Å². The zero-order valence-corrected chi connectivity index (χ0v) is 15.1. The number of methoxy groups -OCH3 is 3. The molecule has 134 valence electrons. The van der Waals surface area contributed by atoms with Crippen LogP contribution < -0.4 is 25.3 Å². The normalized spacial score (nSPS) is 11.1. The fourth-order valence-electron chi connectivity index (χ4n) is 2.45. The van der Waals surface area contributed by atoms with Gasteiger partial charge in [0.05, 0.1) is 27.9 Å². The summed E-state index contributed by atoms with van der Waals surface area (Å²) >= 11 is 0. The summed E-state index contributed by atoms with van der Waals surface area (Å²) in [5, 5.41) is 3.10. The molecule has 0 atom stereocenters. The molecule has 6 heteroatoms. The minimum absolute atomic E-state index is 0.392. The van der Waals surface area contributed by atoms with Crippen molar-refractivity contribution < 1.29 is 14.2 Å². The minimum atomic E-state index is 0.392. The first-order valence-electron chi connectivity index (χ1n) is 7.95. The predicted molar refractivity (Wildman–Crippen MR) is 99.4 cm³/mol. The maximum Gasteiger partial charge on any atom is 0.189 e. The summed E-state index contributed by atoms with van der Waals surface area (Å²) in [6.07, 6.45) is 0. The third-order valence-corrected chi connectivity index (χ3v) is 3.81. The summed E-state index contributed by atoms with van der Waals surface area (Å²) in [4.78, 5) is 4.37. The van der Waals surface area contributed by atoms with Crippen LogP contribution in [0.25, 0.3) is 0 Å². The van der Waals surface area contributed by atoms with E-state index in [1.165, 1.54) is 0 Å². The Balaban J connectivity index is 1.94. The van der Waals surface area contributed by atoms with Gasteiger partial charge in [0.15, 0.2) is 17.5 Å². The molecule has 0 unspecified atom stereocenters. The molecule has 0 fully saturated rings. The quantitative estimate of drug-likeness (QED) is 0.597. The lowest BCUT2D eigenvalue weighted by Crippen LogP contribution is -2.31. The Morgan fingerprint density at radius 2 is 1.56 bits per heavy atom. The summed E-state index contributed by atoms with van der Waals surface area (Å²) in [5.74, 6) is 2.64. The lowest BCUT2D eigenvalue weighted by atomic mass is 10.1. The summed E-state index contributed by atoms with van der Waals surface area (Å²) in [7, 11) is 4.89. The van der Waals surface area contributed by atoms with Crippen LogP contribution in [0.1, 0.15) is 16.7 Å². The van der Waals surface area contributed by atoms with Crippen LogP contribution in [0.5, 0.6) is 17.2 Å². The smallest absolute Gasteiger partial charge is 0.189 e. The number of aryl methyl sites for hydroxylation is 1. The molecule has 2 aromatic carbocycles. The first kappa shape index (κ1) is 18.4. The van der Waals surface area contributed by atoms with Gasteiger partial charge < -0.3 is 25.3 Å². The van der Waals surface area contributed by atoms with E-state index in [0.717, 1.165) is 22.4 Å². The van der Waals surface area contributed by atoms with E-state index in [1.54, 1.807) is 21.3 Å². The van der Waals surface area contributed by atoms with E-state index < -0.39 is 0 Å². The van der Waals surface area contributed by atoms with Crippen LogP contribution in [-0.4, -0.2) is 27.3 Å². The van der Waals surface area contributed by atoms with E-state index in [0.29, 0.717) is 30.5 Å². The Kier molecular flexibility index (Phi) is 6.51. The predicted octanol–water partition coefficient (Wildman–Crippen LogP) is 2.63. The van der Waals surface area contributed by atoms with Gasteiger partial charge in [0, 0.05) is 6.54 Å². The third-order valence-electron chi connectivity index (χ3n) is 3.81. The molecule has 0 heterocycles. The maximum atomic E-state index is 5.95. The van der Waals surface area contributed by atoms with Crippen molar-refractivity contribution in [1.29, 1.82) is 0 Å². The molecule has 0 bridgehead atoms. The summed E-state index contributed by atoms with van der Waals surface area (Å²) in [6, 6.07) is 11.7. The fraction of sp³-hybridized carbons (Fsp3) is 0.316. The number of aliphatic imine (C=N–C) groups is 1. The van der Waals surface area contributed by atoms with Crippen molar-refractivity contribution in [2.75, 3.05) is 21.3 Å². The lowest BCUT2D eigenvalue weighted by Gasteiger charge is -2.11. The zero-order chi connectivity index (χ0) is 18.2. The van der Waals surface area contributed by atoms with Gasteiger partial charge in [-0.3, -0.25) is 0 Å². The van der Waals surface area contributed by atoms with Crippen molar-refractivity contribution in [3.05, 3.63) is 53.1 Å². The number of nitrogens with one attached hydrogen (secondary N) is 1. The first-order valence-corrected chi connectivity index (χ1v) is 7.95. The third kappa shape index (κ3) is 5.04.